The van der Waals surface area contributed by atoms with Gasteiger partial charge in [-0.25, -0.2) is 0 Å². The molecule has 11 atom stereocenters. The lowest BCUT2D eigenvalue weighted by Gasteiger charge is -2.44. The quantitative estimate of drug-likeness (QED) is 0.342. The minimum absolute atomic E-state index is 0.0725. The van der Waals surface area contributed by atoms with E-state index in [0.29, 0.717) is 42.4 Å². The van der Waals surface area contributed by atoms with Gasteiger partial charge < -0.3 is 26.0 Å². The predicted octanol–water partition coefficient (Wildman–Crippen LogP) is 2.18. The Morgan fingerprint density at radius 2 is 1.78 bits per heavy atom. The number of nitrogens with one attached hydrogen (secondary N) is 2. The molecule has 2 amide bonds. The number of rotatable bonds is 1. The van der Waals surface area contributed by atoms with Crippen molar-refractivity contribution in [3.05, 3.63) is 35.6 Å². The maximum Gasteiger partial charge on any atom is 0.259 e. The molecule has 1 unspecified atom stereocenters. The van der Waals surface area contributed by atoms with E-state index in [4.69, 9.17) is 0 Å². The van der Waals surface area contributed by atoms with Crippen LogP contribution in [0.25, 0.3) is 0 Å². The van der Waals surface area contributed by atoms with Crippen LogP contribution in [0.1, 0.15) is 52.4 Å². The normalized spacial score (nSPS) is 48.0. The van der Waals surface area contributed by atoms with Gasteiger partial charge in [0, 0.05) is 6.54 Å². The van der Waals surface area contributed by atoms with Crippen LogP contribution >= 0.6 is 0 Å². The molecule has 0 aromatic rings. The van der Waals surface area contributed by atoms with Crippen LogP contribution in [-0.4, -0.2) is 57.7 Å². The fourth-order valence-electron chi connectivity index (χ4n) is 8.51. The van der Waals surface area contributed by atoms with Crippen molar-refractivity contribution in [3.8, 4) is 0 Å². The standard InChI is InChI=1S/C29H40N2O6/c1-3-15-11-17-12-19-18-5-4-6-23(35)30-10-9-21(33)27-28(36)26(29(37)31-27)20(32)8-7-16(18)13-22(34)25(19)24(17)14(15)2/h4,6-8,14-19,21-22,24-25,27,32-34H,3,5,9-13H2,1-2H3,(H,30,35)(H,31,37)/b6-4-,8-7+,26-20-/t14-,15-,16+,17+,18-,19+,21?,22-,24+,25-,27+/m1/s1. The Labute approximate surface area is 218 Å². The molecule has 8 heteroatoms. The first-order valence-electron chi connectivity index (χ1n) is 14.0. The summed E-state index contributed by atoms with van der Waals surface area (Å²) in [6.45, 7) is 4.76. The largest absolute Gasteiger partial charge is 0.507 e. The molecular weight excluding hydrogens is 472 g/mol. The number of Topliss-reactive ketones (excluding diaryl/α,β-unsaturated/α-hetero) is 1. The molecule has 0 aromatic heterocycles. The lowest BCUT2D eigenvalue weighted by Crippen LogP contribution is -2.43. The molecule has 4 fully saturated rings. The van der Waals surface area contributed by atoms with E-state index in [0.717, 1.165) is 6.42 Å². The van der Waals surface area contributed by atoms with Gasteiger partial charge in [-0.1, -0.05) is 32.4 Å². The van der Waals surface area contributed by atoms with Gasteiger partial charge in [0.25, 0.3) is 5.91 Å². The monoisotopic (exact) mass is 512 g/mol. The van der Waals surface area contributed by atoms with Crippen LogP contribution in [0.2, 0.25) is 0 Å². The highest BCUT2D eigenvalue weighted by Gasteiger charge is 2.58. The first-order valence-corrected chi connectivity index (χ1v) is 14.0. The fourth-order valence-corrected chi connectivity index (χ4v) is 8.51. The van der Waals surface area contributed by atoms with Gasteiger partial charge in [0.05, 0.1) is 12.2 Å². The molecule has 2 heterocycles. The zero-order chi connectivity index (χ0) is 26.4. The molecule has 2 bridgehead atoms. The van der Waals surface area contributed by atoms with Gasteiger partial charge in [-0.05, 0) is 91.6 Å². The van der Waals surface area contributed by atoms with Gasteiger partial charge in [0.2, 0.25) is 5.91 Å². The third-order valence-corrected chi connectivity index (χ3v) is 10.2. The summed E-state index contributed by atoms with van der Waals surface area (Å²) in [5.74, 6) is 1.03. The van der Waals surface area contributed by atoms with Crippen LogP contribution in [0.3, 0.4) is 0 Å². The highest BCUT2D eigenvalue weighted by atomic mass is 16.3. The number of allylic oxidation sites excluding steroid dienone is 3. The number of carbonyl (C=O) groups is 3. The van der Waals surface area contributed by atoms with Crippen LogP contribution in [-0.2, 0) is 14.4 Å². The zero-order valence-corrected chi connectivity index (χ0v) is 21.7. The molecule has 5 aliphatic rings. The van der Waals surface area contributed by atoms with Crippen molar-refractivity contribution in [2.24, 2.45) is 47.3 Å². The summed E-state index contributed by atoms with van der Waals surface area (Å²) in [4.78, 5) is 37.7. The van der Waals surface area contributed by atoms with Gasteiger partial charge in [0.15, 0.2) is 5.78 Å². The lowest BCUT2D eigenvalue weighted by atomic mass is 9.62. The van der Waals surface area contributed by atoms with E-state index in [2.05, 4.69) is 24.5 Å². The summed E-state index contributed by atoms with van der Waals surface area (Å²) in [7, 11) is 0. The Bertz CT molecular complexity index is 1030. The number of amides is 2. The predicted molar refractivity (Wildman–Crippen MR) is 137 cm³/mol. The lowest BCUT2D eigenvalue weighted by molar-refractivity contribution is -0.118. The maximum atomic E-state index is 12.8. The van der Waals surface area contributed by atoms with E-state index < -0.39 is 35.7 Å². The summed E-state index contributed by atoms with van der Waals surface area (Å²) in [5.41, 5.74) is -0.350. The highest BCUT2D eigenvalue weighted by Crippen LogP contribution is 2.62. The molecular formula is C29H40N2O6. The summed E-state index contributed by atoms with van der Waals surface area (Å²) in [6, 6.07) is -1.16. The molecule has 37 heavy (non-hydrogen) atoms. The van der Waals surface area contributed by atoms with Gasteiger partial charge in [0.1, 0.15) is 17.4 Å². The molecule has 0 spiro atoms. The van der Waals surface area contributed by atoms with Crippen molar-refractivity contribution in [1.29, 1.82) is 0 Å². The number of hydrogen-bond acceptors (Lipinski definition) is 6. The number of aliphatic hydroxyl groups is 3. The SMILES string of the molecule is CC[C@@H]1C[C@H]2C[C@H]3[C@@H]4C/C=C\C(=O)NCCC(O)[C@@H]5NC(=O)/C(=C(O)/C=C/[C@H]4C[C@@H](O)[C@@H]3[C@H]2[C@@H]1C)C5=O. The number of ketones is 1. The molecule has 8 nitrogen and oxygen atoms in total. The molecule has 5 N–H and O–H groups in total. The minimum Gasteiger partial charge on any atom is -0.507 e. The van der Waals surface area contributed by atoms with E-state index in [9.17, 15) is 29.7 Å². The van der Waals surface area contributed by atoms with Crippen LogP contribution in [0.15, 0.2) is 35.6 Å². The number of hydrogen-bond donors (Lipinski definition) is 5. The molecule has 2 aliphatic heterocycles. The molecule has 5 rings (SSSR count). The topological polar surface area (TPSA) is 136 Å². The average molecular weight is 513 g/mol. The highest BCUT2D eigenvalue weighted by molar-refractivity contribution is 6.27. The van der Waals surface area contributed by atoms with E-state index in [1.54, 1.807) is 0 Å². The van der Waals surface area contributed by atoms with E-state index >= 15 is 0 Å². The van der Waals surface area contributed by atoms with Crippen LogP contribution < -0.4 is 10.6 Å². The first-order chi connectivity index (χ1) is 17.7. The van der Waals surface area contributed by atoms with Gasteiger partial charge in [-0.2, -0.15) is 0 Å². The average Bonchev–Trinajstić information content (AvgIpc) is 3.48. The summed E-state index contributed by atoms with van der Waals surface area (Å²) in [5, 5.41) is 37.7. The fraction of sp³-hybridized carbons (Fsp3) is 0.690. The smallest absolute Gasteiger partial charge is 0.259 e. The number of aliphatic hydroxyl groups excluding tert-OH is 3. The second kappa shape index (κ2) is 10.4. The van der Waals surface area contributed by atoms with Gasteiger partial charge in [-0.3, -0.25) is 14.4 Å². The zero-order valence-electron chi connectivity index (χ0n) is 21.7. The Morgan fingerprint density at radius 1 is 1.00 bits per heavy atom. The van der Waals surface area contributed by atoms with E-state index in [1.807, 2.05) is 12.2 Å². The number of carbonyl (C=O) groups excluding carboxylic acids is 3. The van der Waals surface area contributed by atoms with Crippen molar-refractivity contribution in [2.75, 3.05) is 6.54 Å². The van der Waals surface area contributed by atoms with Crippen molar-refractivity contribution in [2.45, 2.75) is 70.6 Å². The van der Waals surface area contributed by atoms with Crippen molar-refractivity contribution in [1.82, 2.24) is 10.6 Å². The molecule has 3 saturated carbocycles. The Hall–Kier alpha value is -2.45. The Morgan fingerprint density at radius 3 is 2.54 bits per heavy atom. The summed E-state index contributed by atoms with van der Waals surface area (Å²) >= 11 is 0. The second-order valence-corrected chi connectivity index (χ2v) is 11.9. The van der Waals surface area contributed by atoms with Crippen molar-refractivity contribution >= 4 is 17.6 Å². The van der Waals surface area contributed by atoms with E-state index in [-0.39, 0.29) is 42.2 Å². The molecule has 0 radical (unpaired) electrons. The Balaban J connectivity index is 1.47. The molecule has 0 aromatic carbocycles. The molecule has 202 valence electrons. The molecule has 1 saturated heterocycles. The third kappa shape index (κ3) is 4.67. The second-order valence-electron chi connectivity index (χ2n) is 11.9. The Kier molecular flexibility index (Phi) is 7.33. The summed E-state index contributed by atoms with van der Waals surface area (Å²) in [6.07, 6.45) is 9.79. The van der Waals surface area contributed by atoms with Gasteiger partial charge in [-0.15, -0.1) is 0 Å². The summed E-state index contributed by atoms with van der Waals surface area (Å²) < 4.78 is 0. The van der Waals surface area contributed by atoms with E-state index in [1.165, 1.54) is 25.0 Å². The van der Waals surface area contributed by atoms with Crippen LogP contribution in [0.5, 0.6) is 0 Å². The third-order valence-electron chi connectivity index (χ3n) is 10.2. The van der Waals surface area contributed by atoms with Gasteiger partial charge >= 0.3 is 0 Å². The maximum absolute atomic E-state index is 12.8. The van der Waals surface area contributed by atoms with Crippen LogP contribution in [0, 0.1) is 47.3 Å². The number of fused-ring (bicyclic) bond motifs is 7. The molecule has 3 aliphatic carbocycles. The first kappa shape index (κ1) is 26.2. The van der Waals surface area contributed by atoms with Crippen molar-refractivity contribution < 1.29 is 29.7 Å². The minimum atomic E-state index is -1.19. The van der Waals surface area contributed by atoms with Crippen LogP contribution in [0.4, 0.5) is 0 Å². The van der Waals surface area contributed by atoms with Crippen molar-refractivity contribution in [3.63, 3.8) is 0 Å².